The van der Waals surface area contributed by atoms with Gasteiger partial charge in [0.05, 0.1) is 0 Å². The van der Waals surface area contributed by atoms with Crippen molar-refractivity contribution in [1.29, 1.82) is 0 Å². The molecule has 1 fully saturated rings. The van der Waals surface area contributed by atoms with E-state index in [1.165, 1.54) is 114 Å². The predicted octanol–water partition coefficient (Wildman–Crippen LogP) is 11.7. The van der Waals surface area contributed by atoms with Crippen LogP contribution in [0.15, 0.2) is 127 Å². The van der Waals surface area contributed by atoms with Crippen LogP contribution in [0.2, 0.25) is 0 Å². The molecule has 5 aromatic rings. The summed E-state index contributed by atoms with van der Waals surface area (Å²) < 4.78 is 0. The fraction of sp³-hybridized carbons (Fsp3) is 0.238. The van der Waals surface area contributed by atoms with E-state index in [9.17, 15) is 0 Å². The Morgan fingerprint density at radius 1 is 0.512 bits per heavy atom. The number of rotatable bonds is 7. The number of nitrogens with zero attached hydrogens (tertiary/aromatic N) is 1. The van der Waals surface area contributed by atoms with Crippen LogP contribution >= 0.6 is 0 Å². The first kappa shape index (κ1) is 27.5. The fourth-order valence-electron chi connectivity index (χ4n) is 7.09. The molecule has 0 amide bonds. The molecule has 43 heavy (non-hydrogen) atoms. The summed E-state index contributed by atoms with van der Waals surface area (Å²) in [5, 5.41) is 0. The maximum atomic E-state index is 2.42. The fourth-order valence-corrected chi connectivity index (χ4v) is 7.09. The van der Waals surface area contributed by atoms with Gasteiger partial charge < -0.3 is 4.90 Å². The van der Waals surface area contributed by atoms with Crippen LogP contribution in [0.4, 0.5) is 17.1 Å². The van der Waals surface area contributed by atoms with E-state index in [2.05, 4.69) is 138 Å². The molecule has 2 aliphatic carbocycles. The first-order valence-electron chi connectivity index (χ1n) is 16.3. The van der Waals surface area contributed by atoms with Crippen molar-refractivity contribution in [3.05, 3.63) is 161 Å². The number of hydrogen-bond donors (Lipinski definition) is 0. The third-order valence-electron chi connectivity index (χ3n) is 9.45. The minimum Gasteiger partial charge on any atom is -0.310 e. The van der Waals surface area contributed by atoms with Crippen molar-refractivity contribution in [3.8, 4) is 0 Å². The Kier molecular flexibility index (Phi) is 8.23. The summed E-state index contributed by atoms with van der Waals surface area (Å²) in [6.07, 6.45) is 14.1. The highest BCUT2D eigenvalue weighted by Gasteiger charge is 2.17. The smallest absolute Gasteiger partial charge is 0.0464 e. The molecule has 0 spiro atoms. The molecule has 5 aromatic carbocycles. The Hall–Kier alpha value is -4.36. The van der Waals surface area contributed by atoms with E-state index in [-0.39, 0.29) is 0 Å². The van der Waals surface area contributed by atoms with Crippen LogP contribution in [-0.4, -0.2) is 0 Å². The molecule has 0 unspecified atom stereocenters. The number of fused-ring (bicyclic) bond motifs is 1. The maximum Gasteiger partial charge on any atom is 0.0464 e. The topological polar surface area (TPSA) is 3.24 Å². The maximum absolute atomic E-state index is 2.42. The van der Waals surface area contributed by atoms with Crippen molar-refractivity contribution in [1.82, 2.24) is 0 Å². The second-order valence-corrected chi connectivity index (χ2v) is 12.3. The molecule has 0 bridgehead atoms. The molecule has 0 radical (unpaired) electrons. The quantitative estimate of drug-likeness (QED) is 0.179. The van der Waals surface area contributed by atoms with E-state index in [1.54, 1.807) is 0 Å². The average molecular weight is 560 g/mol. The molecule has 0 saturated heterocycles. The third kappa shape index (κ3) is 6.22. The number of anilines is 3. The lowest BCUT2D eigenvalue weighted by Gasteiger charge is -2.27. The van der Waals surface area contributed by atoms with Gasteiger partial charge in [0.2, 0.25) is 0 Å². The van der Waals surface area contributed by atoms with Crippen LogP contribution in [0.1, 0.15) is 84.2 Å². The molecule has 2 aliphatic rings. The lowest BCUT2D eigenvalue weighted by molar-refractivity contribution is 0.443. The van der Waals surface area contributed by atoms with Gasteiger partial charge in [0.1, 0.15) is 0 Å². The first-order chi connectivity index (χ1) is 21.3. The zero-order chi connectivity index (χ0) is 28.8. The molecule has 1 nitrogen and oxygen atoms in total. The highest BCUT2D eigenvalue weighted by Crippen LogP contribution is 2.38. The largest absolute Gasteiger partial charge is 0.310 e. The van der Waals surface area contributed by atoms with Gasteiger partial charge >= 0.3 is 0 Å². The Morgan fingerprint density at radius 3 is 1.84 bits per heavy atom. The minimum absolute atomic E-state index is 0.724. The number of hydrogen-bond acceptors (Lipinski definition) is 1. The van der Waals surface area contributed by atoms with Crippen molar-refractivity contribution < 1.29 is 0 Å². The Morgan fingerprint density at radius 2 is 1.12 bits per heavy atom. The van der Waals surface area contributed by atoms with E-state index in [4.69, 9.17) is 0 Å². The van der Waals surface area contributed by atoms with E-state index in [0.29, 0.717) is 0 Å². The van der Waals surface area contributed by atoms with Crippen LogP contribution < -0.4 is 4.90 Å². The second-order valence-electron chi connectivity index (χ2n) is 12.3. The van der Waals surface area contributed by atoms with Crippen molar-refractivity contribution in [3.63, 3.8) is 0 Å². The summed E-state index contributed by atoms with van der Waals surface area (Å²) in [6.45, 7) is 0. The van der Waals surface area contributed by atoms with Gasteiger partial charge in [0.25, 0.3) is 0 Å². The number of aryl methyl sites for hydroxylation is 2. The highest BCUT2D eigenvalue weighted by atomic mass is 15.1. The second kappa shape index (κ2) is 12.9. The van der Waals surface area contributed by atoms with Crippen molar-refractivity contribution >= 4 is 28.7 Å². The summed E-state index contributed by atoms with van der Waals surface area (Å²) >= 11 is 0. The molecule has 0 heterocycles. The van der Waals surface area contributed by atoms with Gasteiger partial charge in [-0.3, -0.25) is 0 Å². The van der Waals surface area contributed by atoms with Crippen molar-refractivity contribution in [2.75, 3.05) is 4.90 Å². The summed E-state index contributed by atoms with van der Waals surface area (Å²) in [4.78, 5) is 2.39. The van der Waals surface area contributed by atoms with Gasteiger partial charge in [-0.2, -0.15) is 0 Å². The van der Waals surface area contributed by atoms with Crippen LogP contribution in [0.25, 0.3) is 11.6 Å². The van der Waals surface area contributed by atoms with Gasteiger partial charge in [-0.1, -0.05) is 110 Å². The van der Waals surface area contributed by atoms with Crippen LogP contribution in [0.5, 0.6) is 0 Å². The number of para-hydroxylation sites is 1. The predicted molar refractivity (Wildman–Crippen MR) is 183 cm³/mol. The van der Waals surface area contributed by atoms with E-state index >= 15 is 0 Å². The van der Waals surface area contributed by atoms with Gasteiger partial charge in [-0.25, -0.2) is 0 Å². The lowest BCUT2D eigenvalue weighted by Crippen LogP contribution is -2.11. The molecule has 1 heteroatoms. The van der Waals surface area contributed by atoms with Gasteiger partial charge in [-0.15, -0.1) is 0 Å². The van der Waals surface area contributed by atoms with Crippen molar-refractivity contribution in [2.45, 2.75) is 63.7 Å². The van der Waals surface area contributed by atoms with Crippen LogP contribution in [0, 0.1) is 0 Å². The molecule has 1 saturated carbocycles. The lowest BCUT2D eigenvalue weighted by atomic mass is 9.83. The van der Waals surface area contributed by atoms with E-state index in [0.717, 1.165) is 5.92 Å². The van der Waals surface area contributed by atoms with Gasteiger partial charge in [0.15, 0.2) is 0 Å². The Balaban J connectivity index is 1.23. The van der Waals surface area contributed by atoms with Crippen molar-refractivity contribution in [2.24, 2.45) is 0 Å². The molecular weight excluding hydrogens is 518 g/mol. The molecule has 0 atom stereocenters. The molecule has 0 aliphatic heterocycles. The van der Waals surface area contributed by atoms with Gasteiger partial charge in [0, 0.05) is 17.1 Å². The normalized spacial score (nSPS) is 15.6. The van der Waals surface area contributed by atoms with E-state index < -0.39 is 0 Å². The van der Waals surface area contributed by atoms with Crippen LogP contribution in [0.3, 0.4) is 0 Å². The summed E-state index contributed by atoms with van der Waals surface area (Å²) in [5.74, 6) is 0.724. The van der Waals surface area contributed by atoms with Crippen LogP contribution in [-0.2, 0) is 12.8 Å². The summed E-state index contributed by atoms with van der Waals surface area (Å²) in [6, 6.07) is 47.2. The monoisotopic (exact) mass is 559 g/mol. The molecule has 0 N–H and O–H groups in total. The zero-order valence-corrected chi connectivity index (χ0v) is 25.1. The highest BCUT2D eigenvalue weighted by molar-refractivity contribution is 5.91. The van der Waals surface area contributed by atoms with Gasteiger partial charge in [-0.05, 0) is 126 Å². The molecular formula is C42H41N. The Labute approximate surface area is 257 Å². The SMILES string of the molecule is C(=C(c1ccccc1)c1ccc(C2CCCCC2)cc1)c1ccc(N(c2ccccc2)c2ccc3c(c2)CCCC3)cc1. The third-order valence-corrected chi connectivity index (χ3v) is 9.45. The number of benzene rings is 5. The molecule has 0 aromatic heterocycles. The minimum atomic E-state index is 0.724. The average Bonchev–Trinajstić information content (AvgIpc) is 3.09. The molecule has 214 valence electrons. The summed E-state index contributed by atoms with van der Waals surface area (Å²) in [7, 11) is 0. The zero-order valence-electron chi connectivity index (χ0n) is 25.1. The van der Waals surface area contributed by atoms with E-state index in [1.807, 2.05) is 0 Å². The molecule has 7 rings (SSSR count). The Bertz CT molecular complexity index is 1660. The standard InChI is InChI=1S/C42H41N/c1-4-12-33(13-5-1)35-22-24-37(25-23-35)42(36-15-6-2-7-16-36)30-32-20-27-40(28-21-32)43(39-18-8-3-9-19-39)41-29-26-34-14-10-11-17-38(34)31-41/h2-3,6-9,15-16,18-31,33H,1,4-5,10-14,17H2. The summed E-state index contributed by atoms with van der Waals surface area (Å²) in [5.41, 5.74) is 13.1. The first-order valence-corrected chi connectivity index (χ1v) is 16.3.